The highest BCUT2D eigenvalue weighted by atomic mass is 19.1. The molecule has 0 radical (unpaired) electrons. The summed E-state index contributed by atoms with van der Waals surface area (Å²) in [7, 11) is 0. The number of rotatable bonds is 3. The molecule has 1 saturated heterocycles. The predicted octanol–water partition coefficient (Wildman–Crippen LogP) is 2.74. The summed E-state index contributed by atoms with van der Waals surface area (Å²) in [5, 5.41) is 3.27. The summed E-state index contributed by atoms with van der Waals surface area (Å²) in [5.41, 5.74) is 2.62. The van der Waals surface area contributed by atoms with Gasteiger partial charge in [-0.15, -0.1) is 0 Å². The third-order valence-corrected chi connectivity index (χ3v) is 3.41. The fourth-order valence-electron chi connectivity index (χ4n) is 2.37. The standard InChI is InChI=1S/C14H20FN/c1-2-11-4-3-5-12(8-11)9-13-10-16-7-6-14(13)15/h3-5,8,13-14,16H,2,6-7,9-10H2,1H3. The summed E-state index contributed by atoms with van der Waals surface area (Å²) in [6.07, 6.45) is 1.95. The molecular formula is C14H20FN. The second-order valence-corrected chi connectivity index (χ2v) is 4.65. The van der Waals surface area contributed by atoms with Crippen LogP contribution in [-0.2, 0) is 12.8 Å². The van der Waals surface area contributed by atoms with Crippen LogP contribution in [0.5, 0.6) is 0 Å². The van der Waals surface area contributed by atoms with Gasteiger partial charge in [0.25, 0.3) is 0 Å². The molecule has 1 aliphatic heterocycles. The van der Waals surface area contributed by atoms with Crippen molar-refractivity contribution in [3.8, 4) is 0 Å². The zero-order valence-corrected chi connectivity index (χ0v) is 9.88. The molecule has 1 fully saturated rings. The number of alkyl halides is 1. The van der Waals surface area contributed by atoms with Crippen molar-refractivity contribution in [2.75, 3.05) is 13.1 Å². The number of hydrogen-bond acceptors (Lipinski definition) is 1. The zero-order valence-electron chi connectivity index (χ0n) is 9.88. The molecule has 0 saturated carbocycles. The summed E-state index contributed by atoms with van der Waals surface area (Å²) in [6, 6.07) is 8.54. The second kappa shape index (κ2) is 5.44. The number of nitrogens with one attached hydrogen (secondary N) is 1. The van der Waals surface area contributed by atoms with Crippen molar-refractivity contribution in [3.05, 3.63) is 35.4 Å². The molecule has 1 heterocycles. The van der Waals surface area contributed by atoms with Crippen LogP contribution in [-0.4, -0.2) is 19.3 Å². The van der Waals surface area contributed by atoms with Crippen LogP contribution in [0.3, 0.4) is 0 Å². The molecule has 0 aliphatic carbocycles. The van der Waals surface area contributed by atoms with E-state index >= 15 is 0 Å². The number of halogens is 1. The first-order valence-corrected chi connectivity index (χ1v) is 6.22. The van der Waals surface area contributed by atoms with Crippen LogP contribution < -0.4 is 5.32 Å². The Bertz CT molecular complexity index is 337. The van der Waals surface area contributed by atoms with Crippen LogP contribution >= 0.6 is 0 Å². The molecule has 2 unspecified atom stereocenters. The maximum absolute atomic E-state index is 13.7. The number of aryl methyl sites for hydroxylation is 1. The van der Waals surface area contributed by atoms with Gasteiger partial charge in [-0.05, 0) is 36.9 Å². The Balaban J connectivity index is 2.01. The minimum atomic E-state index is -0.633. The molecule has 1 aromatic carbocycles. The molecular weight excluding hydrogens is 201 g/mol. The topological polar surface area (TPSA) is 12.0 Å². The Morgan fingerprint density at radius 2 is 2.19 bits per heavy atom. The highest BCUT2D eigenvalue weighted by molar-refractivity contribution is 5.24. The summed E-state index contributed by atoms with van der Waals surface area (Å²) >= 11 is 0. The van der Waals surface area contributed by atoms with E-state index in [1.54, 1.807) is 0 Å². The van der Waals surface area contributed by atoms with Gasteiger partial charge in [-0.1, -0.05) is 31.2 Å². The molecule has 2 rings (SSSR count). The van der Waals surface area contributed by atoms with E-state index in [4.69, 9.17) is 0 Å². The summed E-state index contributed by atoms with van der Waals surface area (Å²) in [4.78, 5) is 0. The highest BCUT2D eigenvalue weighted by Crippen LogP contribution is 2.20. The van der Waals surface area contributed by atoms with Crippen LogP contribution in [0.25, 0.3) is 0 Å². The van der Waals surface area contributed by atoms with Gasteiger partial charge in [0, 0.05) is 12.5 Å². The molecule has 1 aliphatic rings. The van der Waals surface area contributed by atoms with E-state index in [0.29, 0.717) is 6.42 Å². The maximum Gasteiger partial charge on any atom is 0.106 e. The van der Waals surface area contributed by atoms with E-state index in [-0.39, 0.29) is 5.92 Å². The maximum atomic E-state index is 13.7. The molecule has 0 spiro atoms. The van der Waals surface area contributed by atoms with E-state index in [0.717, 1.165) is 25.9 Å². The van der Waals surface area contributed by atoms with Crippen molar-refractivity contribution in [3.63, 3.8) is 0 Å². The highest BCUT2D eigenvalue weighted by Gasteiger charge is 2.24. The van der Waals surface area contributed by atoms with Gasteiger partial charge >= 0.3 is 0 Å². The van der Waals surface area contributed by atoms with Gasteiger partial charge in [0.2, 0.25) is 0 Å². The number of hydrogen-bond donors (Lipinski definition) is 1. The van der Waals surface area contributed by atoms with Gasteiger partial charge in [-0.3, -0.25) is 0 Å². The SMILES string of the molecule is CCc1cccc(CC2CNCCC2F)c1. The quantitative estimate of drug-likeness (QED) is 0.827. The Hall–Kier alpha value is -0.890. The van der Waals surface area contributed by atoms with Crippen molar-refractivity contribution in [1.82, 2.24) is 5.32 Å². The molecule has 0 amide bonds. The first-order chi connectivity index (χ1) is 7.79. The summed E-state index contributed by atoms with van der Waals surface area (Å²) < 4.78 is 13.7. The summed E-state index contributed by atoms with van der Waals surface area (Å²) in [6.45, 7) is 3.80. The minimum Gasteiger partial charge on any atom is -0.316 e. The lowest BCUT2D eigenvalue weighted by Crippen LogP contribution is -2.38. The lowest BCUT2D eigenvalue weighted by Gasteiger charge is -2.26. The van der Waals surface area contributed by atoms with Gasteiger partial charge in [-0.2, -0.15) is 0 Å². The number of benzene rings is 1. The van der Waals surface area contributed by atoms with Crippen LogP contribution in [0, 0.1) is 5.92 Å². The molecule has 0 aromatic heterocycles. The third-order valence-electron chi connectivity index (χ3n) is 3.41. The largest absolute Gasteiger partial charge is 0.316 e. The van der Waals surface area contributed by atoms with E-state index in [1.807, 2.05) is 0 Å². The molecule has 2 heteroatoms. The van der Waals surface area contributed by atoms with Crippen molar-refractivity contribution in [1.29, 1.82) is 0 Å². The lowest BCUT2D eigenvalue weighted by atomic mass is 9.90. The average Bonchev–Trinajstić information content (AvgIpc) is 2.32. The molecule has 1 N–H and O–H groups in total. The van der Waals surface area contributed by atoms with Crippen molar-refractivity contribution in [2.45, 2.75) is 32.4 Å². The molecule has 0 bridgehead atoms. The normalized spacial score (nSPS) is 25.6. The van der Waals surface area contributed by atoms with Gasteiger partial charge < -0.3 is 5.32 Å². The Labute approximate surface area is 97.1 Å². The van der Waals surface area contributed by atoms with Gasteiger partial charge in [0.15, 0.2) is 0 Å². The van der Waals surface area contributed by atoms with Gasteiger partial charge in [0.1, 0.15) is 6.17 Å². The van der Waals surface area contributed by atoms with Crippen LogP contribution in [0.1, 0.15) is 24.5 Å². The predicted molar refractivity (Wildman–Crippen MR) is 65.4 cm³/mol. The van der Waals surface area contributed by atoms with Crippen LogP contribution in [0.4, 0.5) is 4.39 Å². The Kier molecular flexibility index (Phi) is 3.94. The smallest absolute Gasteiger partial charge is 0.106 e. The fourth-order valence-corrected chi connectivity index (χ4v) is 2.37. The van der Waals surface area contributed by atoms with Crippen LogP contribution in [0.15, 0.2) is 24.3 Å². The van der Waals surface area contributed by atoms with Crippen molar-refractivity contribution >= 4 is 0 Å². The van der Waals surface area contributed by atoms with E-state index < -0.39 is 6.17 Å². The van der Waals surface area contributed by atoms with E-state index in [1.165, 1.54) is 11.1 Å². The minimum absolute atomic E-state index is 0.154. The molecule has 88 valence electrons. The fraction of sp³-hybridized carbons (Fsp3) is 0.571. The van der Waals surface area contributed by atoms with Crippen molar-refractivity contribution < 1.29 is 4.39 Å². The molecule has 16 heavy (non-hydrogen) atoms. The second-order valence-electron chi connectivity index (χ2n) is 4.65. The molecule has 1 nitrogen and oxygen atoms in total. The van der Waals surface area contributed by atoms with E-state index in [9.17, 15) is 4.39 Å². The molecule has 2 atom stereocenters. The Morgan fingerprint density at radius 1 is 1.38 bits per heavy atom. The summed E-state index contributed by atoms with van der Waals surface area (Å²) in [5.74, 6) is 0.154. The van der Waals surface area contributed by atoms with Crippen molar-refractivity contribution in [2.24, 2.45) is 5.92 Å². The third kappa shape index (κ3) is 2.82. The van der Waals surface area contributed by atoms with Gasteiger partial charge in [-0.25, -0.2) is 4.39 Å². The molecule has 1 aromatic rings. The lowest BCUT2D eigenvalue weighted by molar-refractivity contribution is 0.178. The Morgan fingerprint density at radius 3 is 2.94 bits per heavy atom. The van der Waals surface area contributed by atoms with Gasteiger partial charge in [0.05, 0.1) is 0 Å². The van der Waals surface area contributed by atoms with E-state index in [2.05, 4.69) is 36.5 Å². The van der Waals surface area contributed by atoms with Crippen LogP contribution in [0.2, 0.25) is 0 Å². The average molecular weight is 221 g/mol. The first-order valence-electron chi connectivity index (χ1n) is 6.22. The first kappa shape index (κ1) is 11.6. The monoisotopic (exact) mass is 221 g/mol. The number of piperidine rings is 1. The zero-order chi connectivity index (χ0) is 11.4.